The third-order valence-electron chi connectivity index (χ3n) is 2.93. The second-order valence-corrected chi connectivity index (χ2v) is 4.43. The highest BCUT2D eigenvalue weighted by Crippen LogP contribution is 2.17. The largest absolute Gasteiger partial charge is 0.367 e. The number of anilines is 1. The number of nitrogens with one attached hydrogen (secondary N) is 3. The molecule has 6 nitrogen and oxygen atoms in total. The molecular weight excluding hydrogens is 256 g/mol. The second-order valence-electron chi connectivity index (χ2n) is 4.43. The molecule has 0 radical (unpaired) electrons. The molecule has 0 aliphatic carbocycles. The van der Waals surface area contributed by atoms with Gasteiger partial charge in [-0.05, 0) is 25.1 Å². The highest BCUT2D eigenvalue weighted by atomic mass is 16.2. The van der Waals surface area contributed by atoms with Gasteiger partial charge in [-0.3, -0.25) is 9.59 Å². The van der Waals surface area contributed by atoms with Crippen LogP contribution in [0.3, 0.4) is 0 Å². The summed E-state index contributed by atoms with van der Waals surface area (Å²) in [6.45, 7) is 1.86. The Kier molecular flexibility index (Phi) is 2.83. The molecule has 20 heavy (non-hydrogen) atoms. The second kappa shape index (κ2) is 4.65. The van der Waals surface area contributed by atoms with E-state index in [0.29, 0.717) is 5.69 Å². The molecular formula is C14H12N4O2. The molecule has 0 spiro atoms. The molecule has 0 saturated heterocycles. The number of aromatic amines is 2. The van der Waals surface area contributed by atoms with E-state index in [0.717, 1.165) is 16.9 Å². The molecule has 2 heterocycles. The van der Waals surface area contributed by atoms with Crippen molar-refractivity contribution >= 4 is 22.6 Å². The van der Waals surface area contributed by atoms with E-state index in [1.165, 1.54) is 18.5 Å². The quantitative estimate of drug-likeness (QED) is 0.662. The Labute approximate surface area is 113 Å². The van der Waals surface area contributed by atoms with Gasteiger partial charge < -0.3 is 15.3 Å². The number of nitrogens with zero attached hydrogens (tertiary/aromatic N) is 1. The molecule has 0 unspecified atom stereocenters. The predicted molar refractivity (Wildman–Crippen MR) is 75.8 cm³/mol. The Bertz CT molecular complexity index is 848. The van der Waals surface area contributed by atoms with Crippen LogP contribution in [0.4, 0.5) is 5.69 Å². The average Bonchev–Trinajstić information content (AvgIpc) is 2.78. The van der Waals surface area contributed by atoms with Crippen LogP contribution < -0.4 is 10.7 Å². The van der Waals surface area contributed by atoms with Crippen molar-refractivity contribution in [1.82, 2.24) is 15.0 Å². The molecule has 100 valence electrons. The van der Waals surface area contributed by atoms with E-state index >= 15 is 0 Å². The van der Waals surface area contributed by atoms with Crippen molar-refractivity contribution in [1.29, 1.82) is 0 Å². The lowest BCUT2D eigenvalue weighted by Gasteiger charge is -2.04. The summed E-state index contributed by atoms with van der Waals surface area (Å²) in [5.74, 6) is 0.366. The van der Waals surface area contributed by atoms with Crippen LogP contribution >= 0.6 is 0 Å². The van der Waals surface area contributed by atoms with Crippen molar-refractivity contribution in [2.24, 2.45) is 0 Å². The first kappa shape index (κ1) is 12.2. The summed E-state index contributed by atoms with van der Waals surface area (Å²) in [6.07, 6.45) is 2.87. The normalized spacial score (nSPS) is 10.7. The number of amides is 1. The van der Waals surface area contributed by atoms with Gasteiger partial charge in [-0.15, -0.1) is 0 Å². The fourth-order valence-corrected chi connectivity index (χ4v) is 2.01. The molecule has 0 saturated carbocycles. The Morgan fingerprint density at radius 3 is 2.95 bits per heavy atom. The molecule has 6 heteroatoms. The average molecular weight is 268 g/mol. The summed E-state index contributed by atoms with van der Waals surface area (Å²) < 4.78 is 0. The van der Waals surface area contributed by atoms with Gasteiger partial charge in [0.05, 0.1) is 11.0 Å². The zero-order valence-electron chi connectivity index (χ0n) is 10.7. The van der Waals surface area contributed by atoms with Crippen molar-refractivity contribution < 1.29 is 4.79 Å². The maximum Gasteiger partial charge on any atom is 0.261 e. The summed E-state index contributed by atoms with van der Waals surface area (Å²) in [5, 5.41) is 2.69. The number of imidazole rings is 1. The van der Waals surface area contributed by atoms with Gasteiger partial charge in [-0.1, -0.05) is 0 Å². The number of hydrogen-bond acceptors (Lipinski definition) is 3. The van der Waals surface area contributed by atoms with Gasteiger partial charge in [-0.25, -0.2) is 4.98 Å². The number of carbonyl (C=O) groups excluding carboxylic acids is 1. The Balaban J connectivity index is 1.91. The van der Waals surface area contributed by atoms with Gasteiger partial charge >= 0.3 is 0 Å². The van der Waals surface area contributed by atoms with Crippen LogP contribution in [0.2, 0.25) is 0 Å². The van der Waals surface area contributed by atoms with Crippen molar-refractivity contribution in [2.75, 3.05) is 5.32 Å². The van der Waals surface area contributed by atoms with Gasteiger partial charge in [0.25, 0.3) is 5.91 Å². The topological polar surface area (TPSA) is 90.6 Å². The monoisotopic (exact) mass is 268 g/mol. The van der Waals surface area contributed by atoms with Crippen LogP contribution in [0.1, 0.15) is 16.2 Å². The van der Waals surface area contributed by atoms with Crippen molar-refractivity contribution in [3.63, 3.8) is 0 Å². The van der Waals surface area contributed by atoms with E-state index in [2.05, 4.69) is 20.3 Å². The lowest BCUT2D eigenvalue weighted by atomic mass is 10.2. The molecule has 0 fully saturated rings. The summed E-state index contributed by atoms with van der Waals surface area (Å²) in [6, 6.07) is 6.65. The third-order valence-corrected chi connectivity index (χ3v) is 2.93. The summed E-state index contributed by atoms with van der Waals surface area (Å²) in [7, 11) is 0. The van der Waals surface area contributed by atoms with Crippen LogP contribution in [0.25, 0.3) is 11.0 Å². The molecule has 0 aliphatic rings. The van der Waals surface area contributed by atoms with Crippen molar-refractivity contribution in [3.05, 3.63) is 58.3 Å². The van der Waals surface area contributed by atoms with Crippen LogP contribution in [0.5, 0.6) is 0 Å². The third kappa shape index (κ3) is 2.18. The number of aromatic nitrogens is 3. The molecule has 2 aromatic heterocycles. The van der Waals surface area contributed by atoms with E-state index in [1.807, 2.05) is 13.0 Å². The first-order valence-corrected chi connectivity index (χ1v) is 6.08. The number of fused-ring (bicyclic) bond motifs is 1. The minimum atomic E-state index is -0.442. The maximum absolute atomic E-state index is 12.0. The van der Waals surface area contributed by atoms with Crippen molar-refractivity contribution in [3.8, 4) is 0 Å². The van der Waals surface area contributed by atoms with Gasteiger partial charge in [0.15, 0.2) is 5.43 Å². The smallest absolute Gasteiger partial charge is 0.261 e. The molecule has 3 N–H and O–H groups in total. The Morgan fingerprint density at radius 2 is 2.15 bits per heavy atom. The van der Waals surface area contributed by atoms with Gasteiger partial charge in [0.1, 0.15) is 11.4 Å². The number of H-pyrrole nitrogens is 2. The number of benzene rings is 1. The molecule has 1 amide bonds. The highest BCUT2D eigenvalue weighted by molar-refractivity contribution is 6.04. The molecule has 0 bridgehead atoms. The van der Waals surface area contributed by atoms with Gasteiger partial charge in [-0.2, -0.15) is 0 Å². The number of carbonyl (C=O) groups is 1. The molecule has 1 aromatic carbocycles. The zero-order chi connectivity index (χ0) is 14.1. The first-order chi connectivity index (χ1) is 9.63. The van der Waals surface area contributed by atoms with E-state index < -0.39 is 5.91 Å². The Morgan fingerprint density at radius 1 is 1.30 bits per heavy atom. The highest BCUT2D eigenvalue weighted by Gasteiger charge is 2.10. The van der Waals surface area contributed by atoms with E-state index in [9.17, 15) is 9.59 Å². The van der Waals surface area contributed by atoms with Crippen molar-refractivity contribution in [2.45, 2.75) is 6.92 Å². The minimum absolute atomic E-state index is 0.0772. The van der Waals surface area contributed by atoms with Gasteiger partial charge in [0.2, 0.25) is 0 Å². The Hall–Kier alpha value is -2.89. The fourth-order valence-electron chi connectivity index (χ4n) is 2.01. The lowest BCUT2D eigenvalue weighted by molar-refractivity contribution is 0.102. The lowest BCUT2D eigenvalue weighted by Crippen LogP contribution is -2.20. The van der Waals surface area contributed by atoms with E-state index in [1.54, 1.807) is 12.1 Å². The summed E-state index contributed by atoms with van der Waals surface area (Å²) >= 11 is 0. The summed E-state index contributed by atoms with van der Waals surface area (Å²) in [4.78, 5) is 33.7. The van der Waals surface area contributed by atoms with Crippen LogP contribution in [0.15, 0.2) is 41.5 Å². The van der Waals surface area contributed by atoms with E-state index in [-0.39, 0.29) is 11.0 Å². The number of hydrogen-bond donors (Lipinski definition) is 3. The van der Waals surface area contributed by atoms with Crippen LogP contribution in [-0.2, 0) is 0 Å². The van der Waals surface area contributed by atoms with E-state index in [4.69, 9.17) is 0 Å². The summed E-state index contributed by atoms with van der Waals surface area (Å²) in [5.41, 5.74) is 2.03. The molecule has 0 aliphatic heterocycles. The van der Waals surface area contributed by atoms with Crippen LogP contribution in [0, 0.1) is 6.92 Å². The molecule has 3 rings (SSSR count). The van der Waals surface area contributed by atoms with Crippen LogP contribution in [-0.4, -0.2) is 20.9 Å². The SMILES string of the molecule is Cc1nc2ccc(NC(=O)c3c[nH]ccc3=O)cc2[nH]1. The number of pyridine rings is 1. The minimum Gasteiger partial charge on any atom is -0.367 e. The van der Waals surface area contributed by atoms with Gasteiger partial charge in [0, 0.05) is 24.1 Å². The predicted octanol–water partition coefficient (Wildman–Crippen LogP) is 1.81. The zero-order valence-corrected chi connectivity index (χ0v) is 10.7. The fraction of sp³-hybridized carbons (Fsp3) is 0.0714. The number of rotatable bonds is 2. The maximum atomic E-state index is 12.0. The standard InChI is InChI=1S/C14H12N4O2/c1-8-16-11-3-2-9(6-12(11)17-8)18-14(20)10-7-15-5-4-13(10)19/h2-7H,1H3,(H,15,19)(H,16,17)(H,18,20). The molecule has 3 aromatic rings. The number of aryl methyl sites for hydroxylation is 1. The first-order valence-electron chi connectivity index (χ1n) is 6.08. The molecule has 0 atom stereocenters.